The molecule has 0 fully saturated rings. The third kappa shape index (κ3) is 5.76. The molecule has 0 aliphatic heterocycles. The number of hydrogen-bond acceptors (Lipinski definition) is 4. The van der Waals surface area contributed by atoms with Gasteiger partial charge in [-0.3, -0.25) is 9.59 Å². The maximum absolute atomic E-state index is 11.6. The molecule has 1 aromatic heterocycles. The van der Waals surface area contributed by atoms with Gasteiger partial charge < -0.3 is 15.6 Å². The predicted octanol–water partition coefficient (Wildman–Crippen LogP) is 1.19. The van der Waals surface area contributed by atoms with Crippen molar-refractivity contribution >= 4 is 29.7 Å². The summed E-state index contributed by atoms with van der Waals surface area (Å²) in [6.07, 6.45) is 1.10. The number of aryl methyl sites for hydroxylation is 1. The summed E-state index contributed by atoms with van der Waals surface area (Å²) in [7, 11) is 0. The number of rotatable bonds is 6. The topological polar surface area (TPSA) is 77.1 Å². The van der Waals surface area contributed by atoms with Crippen LogP contribution in [0.4, 0.5) is 0 Å². The Morgan fingerprint density at radius 3 is 2.58 bits per heavy atom. The number of aromatic nitrogens is 1. The van der Waals surface area contributed by atoms with Crippen LogP contribution in [0.1, 0.15) is 30.3 Å². The second-order valence-electron chi connectivity index (χ2n) is 4.53. The van der Waals surface area contributed by atoms with Crippen molar-refractivity contribution in [3.05, 3.63) is 20.2 Å². The molecule has 110 valence electrons. The molecule has 1 aromatic rings. The molecular formula is C12H22ClN3O2S. The van der Waals surface area contributed by atoms with Crippen LogP contribution in [0.2, 0.25) is 0 Å². The first-order chi connectivity index (χ1) is 8.41. The van der Waals surface area contributed by atoms with Gasteiger partial charge in [0.05, 0.1) is 0 Å². The van der Waals surface area contributed by atoms with E-state index in [1.54, 1.807) is 4.57 Å². The lowest BCUT2D eigenvalue weighted by molar-refractivity contribution is -0.121. The minimum absolute atomic E-state index is 0. The van der Waals surface area contributed by atoms with E-state index in [0.717, 1.165) is 17.0 Å². The van der Waals surface area contributed by atoms with Crippen molar-refractivity contribution in [1.82, 2.24) is 9.88 Å². The van der Waals surface area contributed by atoms with Crippen LogP contribution < -0.4 is 15.9 Å². The van der Waals surface area contributed by atoms with E-state index in [-0.39, 0.29) is 29.2 Å². The second-order valence-corrected chi connectivity index (χ2v) is 5.69. The molecule has 5 nitrogen and oxygen atoms in total. The number of hydrogen-bond donors (Lipinski definition) is 2. The fraction of sp³-hybridized carbons (Fsp3) is 0.667. The van der Waals surface area contributed by atoms with Crippen molar-refractivity contribution < 1.29 is 4.79 Å². The summed E-state index contributed by atoms with van der Waals surface area (Å²) >= 11 is 1.23. The number of halogens is 1. The Labute approximate surface area is 123 Å². The number of carbonyl (C=O) groups is 1. The smallest absolute Gasteiger partial charge is 0.307 e. The highest BCUT2D eigenvalue weighted by molar-refractivity contribution is 7.09. The maximum atomic E-state index is 11.6. The Hall–Kier alpha value is -0.850. The van der Waals surface area contributed by atoms with Crippen molar-refractivity contribution in [2.24, 2.45) is 5.73 Å². The van der Waals surface area contributed by atoms with Gasteiger partial charge in [0.15, 0.2) is 0 Å². The summed E-state index contributed by atoms with van der Waals surface area (Å²) in [5, 5.41) is 2.80. The first-order valence-corrected chi connectivity index (χ1v) is 6.92. The highest BCUT2D eigenvalue weighted by Crippen LogP contribution is 2.09. The number of amides is 1. The molecule has 0 saturated carbocycles. The summed E-state index contributed by atoms with van der Waals surface area (Å²) in [5.74, 6) is -0.0363. The van der Waals surface area contributed by atoms with Crippen LogP contribution in [-0.4, -0.2) is 23.1 Å². The summed E-state index contributed by atoms with van der Waals surface area (Å²) in [5.41, 5.74) is 6.54. The Morgan fingerprint density at radius 1 is 1.47 bits per heavy atom. The number of nitrogens with zero attached hydrogens (tertiary/aromatic N) is 1. The summed E-state index contributed by atoms with van der Waals surface area (Å²) in [4.78, 5) is 24.2. The summed E-state index contributed by atoms with van der Waals surface area (Å²) < 4.78 is 1.66. The molecule has 1 amide bonds. The fourth-order valence-electron chi connectivity index (χ4n) is 1.59. The molecule has 19 heavy (non-hydrogen) atoms. The van der Waals surface area contributed by atoms with Gasteiger partial charge in [0.25, 0.3) is 0 Å². The van der Waals surface area contributed by atoms with E-state index in [9.17, 15) is 9.59 Å². The number of nitrogens with one attached hydrogen (secondary N) is 1. The van der Waals surface area contributed by atoms with Crippen molar-refractivity contribution in [2.45, 2.75) is 46.2 Å². The first kappa shape index (κ1) is 18.1. The van der Waals surface area contributed by atoms with Crippen LogP contribution in [0.3, 0.4) is 0 Å². The average molecular weight is 308 g/mol. The van der Waals surface area contributed by atoms with Crippen molar-refractivity contribution in [2.75, 3.05) is 6.54 Å². The largest absolute Gasteiger partial charge is 0.356 e. The van der Waals surface area contributed by atoms with Gasteiger partial charge >= 0.3 is 4.87 Å². The van der Waals surface area contributed by atoms with Gasteiger partial charge in [-0.15, -0.1) is 12.4 Å². The van der Waals surface area contributed by atoms with Crippen molar-refractivity contribution in [3.63, 3.8) is 0 Å². The number of nitrogens with two attached hydrogens (primary N) is 1. The van der Waals surface area contributed by atoms with E-state index in [0.29, 0.717) is 19.5 Å². The van der Waals surface area contributed by atoms with E-state index in [1.807, 2.05) is 20.8 Å². The van der Waals surface area contributed by atoms with Crippen LogP contribution >= 0.6 is 23.7 Å². The fourth-order valence-corrected chi connectivity index (χ4v) is 2.45. The molecule has 0 bridgehead atoms. The van der Waals surface area contributed by atoms with Crippen LogP contribution in [0.5, 0.6) is 0 Å². The van der Waals surface area contributed by atoms with E-state index < -0.39 is 0 Å². The molecule has 1 unspecified atom stereocenters. The van der Waals surface area contributed by atoms with Crippen LogP contribution in [0.15, 0.2) is 4.79 Å². The minimum Gasteiger partial charge on any atom is -0.356 e. The molecule has 0 radical (unpaired) electrons. The molecule has 0 aliphatic rings. The zero-order valence-corrected chi connectivity index (χ0v) is 13.2. The third-order valence-corrected chi connectivity index (χ3v) is 3.86. The Morgan fingerprint density at radius 2 is 2.11 bits per heavy atom. The van der Waals surface area contributed by atoms with Gasteiger partial charge in [-0.25, -0.2) is 0 Å². The van der Waals surface area contributed by atoms with Gasteiger partial charge in [-0.2, -0.15) is 0 Å². The quantitative estimate of drug-likeness (QED) is 0.829. The molecule has 7 heteroatoms. The zero-order chi connectivity index (χ0) is 13.7. The van der Waals surface area contributed by atoms with Crippen LogP contribution in [0, 0.1) is 13.8 Å². The van der Waals surface area contributed by atoms with E-state index in [1.165, 1.54) is 11.3 Å². The number of carbonyl (C=O) groups excluding carboxylic acids is 1. The van der Waals surface area contributed by atoms with Gasteiger partial charge in [0.1, 0.15) is 0 Å². The van der Waals surface area contributed by atoms with Gasteiger partial charge in [0, 0.05) is 36.1 Å². The average Bonchev–Trinajstić information content (AvgIpc) is 2.50. The lowest BCUT2D eigenvalue weighted by Gasteiger charge is -2.08. The molecule has 0 saturated heterocycles. The summed E-state index contributed by atoms with van der Waals surface area (Å²) in [6, 6.07) is 0.0923. The molecule has 0 aromatic carbocycles. The van der Waals surface area contributed by atoms with Crippen molar-refractivity contribution in [1.29, 1.82) is 0 Å². The Balaban J connectivity index is 0.00000324. The van der Waals surface area contributed by atoms with Crippen LogP contribution in [0.25, 0.3) is 0 Å². The molecule has 1 rings (SSSR count). The Kier molecular flexibility index (Phi) is 7.97. The monoisotopic (exact) mass is 307 g/mol. The zero-order valence-electron chi connectivity index (χ0n) is 11.6. The Bertz CT molecular complexity index is 468. The standard InChI is InChI=1S/C12H21N3O2S.ClH/c1-8(13)4-6-14-11(16)5-7-15-9(2)10(3)18-12(15)17;/h8H,4-7,13H2,1-3H3,(H,14,16);1H. The lowest BCUT2D eigenvalue weighted by atomic mass is 10.2. The lowest BCUT2D eigenvalue weighted by Crippen LogP contribution is -2.30. The molecule has 3 N–H and O–H groups in total. The second kappa shape index (κ2) is 8.35. The number of thiazole rings is 1. The molecule has 1 heterocycles. The summed E-state index contributed by atoms with van der Waals surface area (Å²) in [6.45, 7) is 6.76. The van der Waals surface area contributed by atoms with Crippen LogP contribution in [-0.2, 0) is 11.3 Å². The molecule has 0 spiro atoms. The van der Waals surface area contributed by atoms with E-state index in [4.69, 9.17) is 5.73 Å². The minimum atomic E-state index is -0.0363. The van der Waals surface area contributed by atoms with Crippen molar-refractivity contribution in [3.8, 4) is 0 Å². The SMILES string of the molecule is Cc1sc(=O)n(CCC(=O)NCCC(C)N)c1C.Cl. The van der Waals surface area contributed by atoms with E-state index in [2.05, 4.69) is 5.32 Å². The normalized spacial score (nSPS) is 11.8. The first-order valence-electron chi connectivity index (χ1n) is 6.11. The van der Waals surface area contributed by atoms with Gasteiger partial charge in [-0.1, -0.05) is 11.3 Å². The molecule has 1 atom stereocenters. The van der Waals surface area contributed by atoms with Gasteiger partial charge in [-0.05, 0) is 27.2 Å². The van der Waals surface area contributed by atoms with Gasteiger partial charge in [0.2, 0.25) is 5.91 Å². The van der Waals surface area contributed by atoms with E-state index >= 15 is 0 Å². The molecule has 0 aliphatic carbocycles. The maximum Gasteiger partial charge on any atom is 0.307 e. The highest BCUT2D eigenvalue weighted by atomic mass is 35.5. The molecular weight excluding hydrogens is 286 g/mol. The third-order valence-electron chi connectivity index (χ3n) is 2.86. The highest BCUT2D eigenvalue weighted by Gasteiger charge is 2.09. The predicted molar refractivity (Wildman–Crippen MR) is 81.2 cm³/mol.